The van der Waals surface area contributed by atoms with Crippen LogP contribution in [0.25, 0.3) is 0 Å². The van der Waals surface area contributed by atoms with Crippen molar-refractivity contribution in [3.8, 4) is 0 Å². The van der Waals surface area contributed by atoms with Gasteiger partial charge in [-0.2, -0.15) is 0 Å². The van der Waals surface area contributed by atoms with Crippen LogP contribution in [0.1, 0.15) is 25.7 Å². The maximum Gasteiger partial charge on any atom is 0.0967 e. The molecular formula is C8H14OS. The van der Waals surface area contributed by atoms with Crippen LogP contribution < -0.4 is 0 Å². The fourth-order valence-corrected chi connectivity index (χ4v) is 2.69. The van der Waals surface area contributed by atoms with Gasteiger partial charge in [-0.3, -0.25) is 0 Å². The standard InChI is InChI=1S/C8H14OS/c9-8(10)4-6-3-5-1-2-7(5)6/h5-10H,1-4H2. The molecular weight excluding hydrogens is 144 g/mol. The van der Waals surface area contributed by atoms with Crippen LogP contribution in [0, 0.1) is 17.8 Å². The number of thiol groups is 1. The Kier molecular flexibility index (Phi) is 1.69. The van der Waals surface area contributed by atoms with Gasteiger partial charge < -0.3 is 5.11 Å². The van der Waals surface area contributed by atoms with E-state index in [9.17, 15) is 0 Å². The van der Waals surface area contributed by atoms with Crippen molar-refractivity contribution in [3.63, 3.8) is 0 Å². The van der Waals surface area contributed by atoms with Crippen molar-refractivity contribution in [3.05, 3.63) is 0 Å². The first-order valence-electron chi connectivity index (χ1n) is 4.13. The first kappa shape index (κ1) is 6.99. The molecule has 10 heavy (non-hydrogen) atoms. The van der Waals surface area contributed by atoms with E-state index in [0.29, 0.717) is 0 Å². The first-order valence-corrected chi connectivity index (χ1v) is 4.65. The molecule has 0 spiro atoms. The highest BCUT2D eigenvalue weighted by molar-refractivity contribution is 7.80. The fraction of sp³-hybridized carbons (Fsp3) is 1.00. The number of hydrogen-bond donors (Lipinski definition) is 2. The number of aliphatic hydroxyl groups excluding tert-OH is 1. The Morgan fingerprint density at radius 1 is 1.50 bits per heavy atom. The maximum absolute atomic E-state index is 8.98. The highest BCUT2D eigenvalue weighted by Crippen LogP contribution is 2.55. The molecule has 0 amide bonds. The van der Waals surface area contributed by atoms with Crippen LogP contribution in [-0.2, 0) is 0 Å². The van der Waals surface area contributed by atoms with E-state index in [0.717, 1.165) is 24.2 Å². The lowest BCUT2D eigenvalue weighted by molar-refractivity contribution is -0.0394. The molecule has 0 heterocycles. The van der Waals surface area contributed by atoms with Crippen molar-refractivity contribution in [2.75, 3.05) is 0 Å². The first-order chi connectivity index (χ1) is 4.77. The second-order valence-electron chi connectivity index (χ2n) is 3.71. The molecule has 2 rings (SSSR count). The Balaban J connectivity index is 1.76. The summed E-state index contributed by atoms with van der Waals surface area (Å²) < 4.78 is 0. The largest absolute Gasteiger partial charge is 0.383 e. The normalized spacial score (nSPS) is 46.8. The van der Waals surface area contributed by atoms with Gasteiger partial charge in [0.15, 0.2) is 0 Å². The van der Waals surface area contributed by atoms with Gasteiger partial charge in [0.2, 0.25) is 0 Å². The molecule has 1 N–H and O–H groups in total. The summed E-state index contributed by atoms with van der Waals surface area (Å²) in [5, 5.41) is 8.98. The monoisotopic (exact) mass is 158 g/mol. The van der Waals surface area contributed by atoms with Crippen LogP contribution >= 0.6 is 12.6 Å². The molecule has 58 valence electrons. The molecule has 0 bridgehead atoms. The zero-order chi connectivity index (χ0) is 7.14. The Morgan fingerprint density at radius 2 is 2.30 bits per heavy atom. The minimum atomic E-state index is -0.369. The molecule has 0 saturated heterocycles. The van der Waals surface area contributed by atoms with Crippen LogP contribution in [0.4, 0.5) is 0 Å². The molecule has 1 nitrogen and oxygen atoms in total. The van der Waals surface area contributed by atoms with Gasteiger partial charge in [0, 0.05) is 0 Å². The molecule has 0 aromatic heterocycles. The van der Waals surface area contributed by atoms with Gasteiger partial charge in [-0.1, -0.05) is 0 Å². The topological polar surface area (TPSA) is 20.2 Å². The molecule has 2 aliphatic rings. The summed E-state index contributed by atoms with van der Waals surface area (Å²) in [6.45, 7) is 0. The van der Waals surface area contributed by atoms with E-state index in [-0.39, 0.29) is 5.44 Å². The van der Waals surface area contributed by atoms with Crippen molar-refractivity contribution in [2.45, 2.75) is 31.1 Å². The quantitative estimate of drug-likeness (QED) is 0.463. The molecule has 2 saturated carbocycles. The van der Waals surface area contributed by atoms with E-state index in [2.05, 4.69) is 12.6 Å². The van der Waals surface area contributed by atoms with E-state index >= 15 is 0 Å². The number of aliphatic hydroxyl groups is 1. The highest BCUT2D eigenvalue weighted by atomic mass is 32.1. The zero-order valence-corrected chi connectivity index (χ0v) is 6.93. The summed E-state index contributed by atoms with van der Waals surface area (Å²) in [5.74, 6) is 2.82. The molecule has 4 unspecified atom stereocenters. The molecule has 0 aliphatic heterocycles. The SMILES string of the molecule is OC(S)CC1CC2CCC21. The van der Waals surface area contributed by atoms with Crippen molar-refractivity contribution >= 4 is 12.6 Å². The summed E-state index contributed by atoms with van der Waals surface area (Å²) >= 11 is 3.98. The Bertz CT molecular complexity index is 135. The van der Waals surface area contributed by atoms with Crippen molar-refractivity contribution in [1.29, 1.82) is 0 Å². The molecule has 2 heteroatoms. The fourth-order valence-electron chi connectivity index (χ4n) is 2.42. The average Bonchev–Trinajstić information content (AvgIpc) is 1.80. The molecule has 0 aromatic carbocycles. The van der Waals surface area contributed by atoms with Crippen molar-refractivity contribution in [1.82, 2.24) is 0 Å². The summed E-state index contributed by atoms with van der Waals surface area (Å²) in [6, 6.07) is 0. The summed E-state index contributed by atoms with van der Waals surface area (Å²) in [4.78, 5) is 0. The zero-order valence-electron chi connectivity index (χ0n) is 6.03. The molecule has 2 fully saturated rings. The van der Waals surface area contributed by atoms with Crippen LogP contribution in [0.2, 0.25) is 0 Å². The number of rotatable bonds is 2. The van der Waals surface area contributed by atoms with Gasteiger partial charge in [0.1, 0.15) is 0 Å². The van der Waals surface area contributed by atoms with E-state index < -0.39 is 0 Å². The van der Waals surface area contributed by atoms with Crippen LogP contribution in [0.15, 0.2) is 0 Å². The smallest absolute Gasteiger partial charge is 0.0967 e. The van der Waals surface area contributed by atoms with Crippen molar-refractivity contribution < 1.29 is 5.11 Å². The molecule has 0 aromatic rings. The second kappa shape index (κ2) is 2.42. The van der Waals surface area contributed by atoms with Crippen molar-refractivity contribution in [2.24, 2.45) is 17.8 Å². The highest BCUT2D eigenvalue weighted by Gasteiger charge is 2.46. The summed E-state index contributed by atoms with van der Waals surface area (Å²) in [6.07, 6.45) is 5.15. The maximum atomic E-state index is 8.98. The minimum Gasteiger partial charge on any atom is -0.383 e. The molecule has 4 atom stereocenters. The van der Waals surface area contributed by atoms with Gasteiger partial charge >= 0.3 is 0 Å². The summed E-state index contributed by atoms with van der Waals surface area (Å²) in [7, 11) is 0. The Labute approximate surface area is 67.2 Å². The van der Waals surface area contributed by atoms with E-state index in [1.807, 2.05) is 0 Å². The summed E-state index contributed by atoms with van der Waals surface area (Å²) in [5.41, 5.74) is -0.369. The van der Waals surface area contributed by atoms with Gasteiger partial charge in [-0.05, 0) is 43.4 Å². The van der Waals surface area contributed by atoms with Gasteiger partial charge in [-0.15, -0.1) is 12.6 Å². The van der Waals surface area contributed by atoms with Crippen LogP contribution in [0.3, 0.4) is 0 Å². The van der Waals surface area contributed by atoms with E-state index in [4.69, 9.17) is 5.11 Å². The number of fused-ring (bicyclic) bond motifs is 1. The second-order valence-corrected chi connectivity index (χ2v) is 4.31. The average molecular weight is 158 g/mol. The Morgan fingerprint density at radius 3 is 2.60 bits per heavy atom. The Hall–Kier alpha value is 0.310. The predicted octanol–water partition coefficient (Wildman–Crippen LogP) is 1.67. The minimum absolute atomic E-state index is 0.369. The predicted molar refractivity (Wildman–Crippen MR) is 43.9 cm³/mol. The van der Waals surface area contributed by atoms with Crippen LogP contribution in [-0.4, -0.2) is 10.5 Å². The third kappa shape index (κ3) is 0.978. The van der Waals surface area contributed by atoms with E-state index in [1.165, 1.54) is 19.3 Å². The lowest BCUT2D eigenvalue weighted by Gasteiger charge is -2.53. The van der Waals surface area contributed by atoms with Gasteiger partial charge in [-0.25, -0.2) is 0 Å². The van der Waals surface area contributed by atoms with Crippen LogP contribution in [0.5, 0.6) is 0 Å². The lowest BCUT2D eigenvalue weighted by Crippen LogP contribution is -2.45. The van der Waals surface area contributed by atoms with Gasteiger partial charge in [0.25, 0.3) is 0 Å². The molecule has 2 aliphatic carbocycles. The lowest BCUT2D eigenvalue weighted by atomic mass is 9.52. The number of hydrogen-bond acceptors (Lipinski definition) is 2. The molecule has 0 radical (unpaired) electrons. The third-order valence-corrected chi connectivity index (χ3v) is 3.41. The van der Waals surface area contributed by atoms with Gasteiger partial charge in [0.05, 0.1) is 5.44 Å². The van der Waals surface area contributed by atoms with E-state index in [1.54, 1.807) is 0 Å². The third-order valence-electron chi connectivity index (χ3n) is 3.20.